The molecule has 8 heteroatoms. The van der Waals surface area contributed by atoms with Gasteiger partial charge in [0.2, 0.25) is 5.91 Å². The zero-order valence-corrected chi connectivity index (χ0v) is 18.1. The average molecular weight is 427 g/mol. The van der Waals surface area contributed by atoms with Gasteiger partial charge in [-0.2, -0.15) is 5.10 Å². The number of hydrogen-bond donors (Lipinski definition) is 1. The molecule has 2 amide bonds. The molecule has 8 nitrogen and oxygen atoms in total. The van der Waals surface area contributed by atoms with Crippen molar-refractivity contribution < 1.29 is 18.4 Å². The Morgan fingerprint density at radius 2 is 2.03 bits per heavy atom. The molecule has 4 rings (SSSR count). The summed E-state index contributed by atoms with van der Waals surface area (Å²) in [6.07, 6.45) is 5.84. The minimum atomic E-state index is -0.270. The third kappa shape index (κ3) is 5.07. The molecule has 4 heterocycles. The quantitative estimate of drug-likeness (QED) is 0.735. The Labute approximate surface area is 182 Å². The van der Waals surface area contributed by atoms with Crippen LogP contribution in [0.15, 0.2) is 50.7 Å². The smallest absolute Gasteiger partial charge is 0.257 e. The van der Waals surface area contributed by atoms with Crippen molar-refractivity contribution in [3.8, 4) is 0 Å². The maximum Gasteiger partial charge on any atom is 0.257 e. The molecule has 2 aliphatic heterocycles. The van der Waals surface area contributed by atoms with Gasteiger partial charge >= 0.3 is 0 Å². The molecule has 0 aliphatic carbocycles. The van der Waals surface area contributed by atoms with Gasteiger partial charge in [-0.1, -0.05) is 13.8 Å². The summed E-state index contributed by atoms with van der Waals surface area (Å²) >= 11 is 0. The molecule has 2 aliphatic rings. The number of rotatable bonds is 7. The summed E-state index contributed by atoms with van der Waals surface area (Å²) in [7, 11) is 0. The zero-order valence-electron chi connectivity index (χ0n) is 18.1. The molecule has 2 aromatic heterocycles. The number of amides is 2. The van der Waals surface area contributed by atoms with Crippen molar-refractivity contribution in [2.24, 2.45) is 16.9 Å². The summed E-state index contributed by atoms with van der Waals surface area (Å²) in [5, 5.41) is 9.16. The van der Waals surface area contributed by atoms with E-state index in [0.29, 0.717) is 36.9 Å². The van der Waals surface area contributed by atoms with Gasteiger partial charge in [0.15, 0.2) is 0 Å². The fraction of sp³-hybridized carbons (Fsp3) is 0.522. The summed E-state index contributed by atoms with van der Waals surface area (Å²) in [5.74, 6) is 1.74. The number of carbonyl (C=O) groups is 2. The molecule has 0 aromatic carbocycles. The van der Waals surface area contributed by atoms with Crippen molar-refractivity contribution in [3.63, 3.8) is 0 Å². The van der Waals surface area contributed by atoms with E-state index in [1.807, 2.05) is 38.1 Å². The standard InChI is InChI=1S/C23H30N4O4/c1-16(2)23(29)24-13-17-6-3-9-26(14-17)15-22(28)27-19(21-8-5-11-31-21)12-18(25-27)20-7-4-10-30-20/h4-5,7-8,10-11,16-17,19H,3,6,9,12-15H2,1-2H3,(H,24,29). The van der Waals surface area contributed by atoms with Crippen LogP contribution in [-0.2, 0) is 9.59 Å². The van der Waals surface area contributed by atoms with Crippen LogP contribution in [0.25, 0.3) is 0 Å². The fourth-order valence-corrected chi connectivity index (χ4v) is 4.21. The van der Waals surface area contributed by atoms with E-state index in [4.69, 9.17) is 8.83 Å². The van der Waals surface area contributed by atoms with Crippen molar-refractivity contribution >= 4 is 17.5 Å². The lowest BCUT2D eigenvalue weighted by atomic mass is 9.97. The molecule has 0 saturated carbocycles. The van der Waals surface area contributed by atoms with Gasteiger partial charge in [0.1, 0.15) is 23.3 Å². The third-order valence-corrected chi connectivity index (χ3v) is 5.89. The first-order valence-corrected chi connectivity index (χ1v) is 11.0. The van der Waals surface area contributed by atoms with E-state index >= 15 is 0 Å². The first kappa shape index (κ1) is 21.4. The van der Waals surface area contributed by atoms with Gasteiger partial charge < -0.3 is 14.2 Å². The van der Waals surface area contributed by atoms with Gasteiger partial charge in [-0.15, -0.1) is 0 Å². The molecule has 2 unspecified atom stereocenters. The Balaban J connectivity index is 1.40. The van der Waals surface area contributed by atoms with E-state index in [9.17, 15) is 9.59 Å². The second-order valence-corrected chi connectivity index (χ2v) is 8.64. The molecule has 0 spiro atoms. The second-order valence-electron chi connectivity index (χ2n) is 8.64. The first-order valence-electron chi connectivity index (χ1n) is 11.0. The van der Waals surface area contributed by atoms with Gasteiger partial charge in [-0.3, -0.25) is 14.5 Å². The van der Waals surface area contributed by atoms with Gasteiger partial charge in [-0.25, -0.2) is 5.01 Å². The van der Waals surface area contributed by atoms with Crippen LogP contribution >= 0.6 is 0 Å². The van der Waals surface area contributed by atoms with Crippen LogP contribution in [0.3, 0.4) is 0 Å². The summed E-state index contributed by atoms with van der Waals surface area (Å²) in [5.41, 5.74) is 0.743. The van der Waals surface area contributed by atoms with E-state index in [1.165, 1.54) is 0 Å². The summed E-state index contributed by atoms with van der Waals surface area (Å²) in [6, 6.07) is 7.10. The lowest BCUT2D eigenvalue weighted by Gasteiger charge is -2.33. The van der Waals surface area contributed by atoms with E-state index in [-0.39, 0.29) is 23.8 Å². The molecule has 31 heavy (non-hydrogen) atoms. The number of nitrogens with one attached hydrogen (secondary N) is 1. The normalized spacial score (nSPS) is 22.0. The van der Waals surface area contributed by atoms with Crippen molar-refractivity contribution in [2.45, 2.75) is 39.2 Å². The first-order chi connectivity index (χ1) is 15.0. The van der Waals surface area contributed by atoms with Crippen LogP contribution in [-0.4, -0.2) is 53.6 Å². The van der Waals surface area contributed by atoms with Crippen LogP contribution in [0.1, 0.15) is 50.7 Å². The van der Waals surface area contributed by atoms with Gasteiger partial charge in [0.05, 0.1) is 19.1 Å². The highest BCUT2D eigenvalue weighted by Gasteiger charge is 2.36. The van der Waals surface area contributed by atoms with Crippen LogP contribution in [0.5, 0.6) is 0 Å². The summed E-state index contributed by atoms with van der Waals surface area (Å²) < 4.78 is 11.1. The molecule has 166 valence electrons. The number of furan rings is 2. The molecular weight excluding hydrogens is 396 g/mol. The molecule has 0 radical (unpaired) electrons. The van der Waals surface area contributed by atoms with Crippen LogP contribution in [0.2, 0.25) is 0 Å². The van der Waals surface area contributed by atoms with Crippen LogP contribution in [0.4, 0.5) is 0 Å². The molecule has 2 aromatic rings. The maximum absolute atomic E-state index is 13.2. The third-order valence-electron chi connectivity index (χ3n) is 5.89. The molecule has 1 fully saturated rings. The Kier molecular flexibility index (Phi) is 6.56. The van der Waals surface area contributed by atoms with Crippen LogP contribution in [0, 0.1) is 11.8 Å². The van der Waals surface area contributed by atoms with E-state index in [1.54, 1.807) is 17.5 Å². The topological polar surface area (TPSA) is 91.3 Å². The van der Waals surface area contributed by atoms with Crippen molar-refractivity contribution in [3.05, 3.63) is 48.3 Å². The maximum atomic E-state index is 13.2. The number of piperidine rings is 1. The number of hydrazone groups is 1. The predicted octanol–water partition coefficient (Wildman–Crippen LogP) is 3.03. The van der Waals surface area contributed by atoms with E-state index in [2.05, 4.69) is 15.3 Å². The van der Waals surface area contributed by atoms with Crippen molar-refractivity contribution in [1.82, 2.24) is 15.2 Å². The van der Waals surface area contributed by atoms with Gasteiger partial charge in [0.25, 0.3) is 5.91 Å². The highest BCUT2D eigenvalue weighted by Crippen LogP contribution is 2.33. The molecule has 2 atom stereocenters. The molecule has 0 bridgehead atoms. The van der Waals surface area contributed by atoms with Crippen molar-refractivity contribution in [1.29, 1.82) is 0 Å². The second kappa shape index (κ2) is 9.51. The molecule has 1 saturated heterocycles. The summed E-state index contributed by atoms with van der Waals surface area (Å²) in [6.45, 7) is 6.39. The highest BCUT2D eigenvalue weighted by atomic mass is 16.3. The Hall–Kier alpha value is -2.87. The number of hydrogen-bond acceptors (Lipinski definition) is 6. The Bertz CT molecular complexity index is 904. The minimum absolute atomic E-state index is 0.0174. The lowest BCUT2D eigenvalue weighted by Crippen LogP contribution is -2.45. The average Bonchev–Trinajstić information content (AvgIpc) is 3.52. The fourth-order valence-electron chi connectivity index (χ4n) is 4.21. The lowest BCUT2D eigenvalue weighted by molar-refractivity contribution is -0.135. The SMILES string of the molecule is CC(C)C(=O)NCC1CCCN(CC(=O)N2N=C(c3ccco3)CC2c2ccco2)C1. The largest absolute Gasteiger partial charge is 0.467 e. The van der Waals surface area contributed by atoms with E-state index < -0.39 is 0 Å². The van der Waals surface area contributed by atoms with Gasteiger partial charge in [0, 0.05) is 25.4 Å². The molecule has 1 N–H and O–H groups in total. The number of carbonyl (C=O) groups excluding carboxylic acids is 2. The number of nitrogens with zero attached hydrogens (tertiary/aromatic N) is 3. The van der Waals surface area contributed by atoms with Gasteiger partial charge in [-0.05, 0) is 49.6 Å². The zero-order chi connectivity index (χ0) is 21.8. The number of likely N-dealkylation sites (tertiary alicyclic amines) is 1. The van der Waals surface area contributed by atoms with Crippen molar-refractivity contribution in [2.75, 3.05) is 26.2 Å². The van der Waals surface area contributed by atoms with E-state index in [0.717, 1.165) is 31.6 Å². The Morgan fingerprint density at radius 3 is 2.74 bits per heavy atom. The minimum Gasteiger partial charge on any atom is -0.467 e. The highest BCUT2D eigenvalue weighted by molar-refractivity contribution is 6.01. The molecular formula is C23H30N4O4. The predicted molar refractivity (Wildman–Crippen MR) is 115 cm³/mol. The Morgan fingerprint density at radius 1 is 1.23 bits per heavy atom. The summed E-state index contributed by atoms with van der Waals surface area (Å²) in [4.78, 5) is 27.3. The monoisotopic (exact) mass is 426 g/mol. The van der Waals surface area contributed by atoms with Crippen LogP contribution < -0.4 is 5.32 Å².